The molecule has 0 radical (unpaired) electrons. The van der Waals surface area contributed by atoms with Crippen molar-refractivity contribution < 1.29 is 13.5 Å². The summed E-state index contributed by atoms with van der Waals surface area (Å²) in [7, 11) is 0. The second-order valence-corrected chi connectivity index (χ2v) is 4.92. The van der Waals surface area contributed by atoms with E-state index in [-0.39, 0.29) is 5.75 Å². The summed E-state index contributed by atoms with van der Waals surface area (Å²) in [6.07, 6.45) is 4.06. The van der Waals surface area contributed by atoms with Crippen LogP contribution in [0.25, 0.3) is 0 Å². The molecule has 2 aromatic rings. The lowest BCUT2D eigenvalue weighted by molar-refractivity contribution is 0.411. The van der Waals surface area contributed by atoms with Crippen LogP contribution in [0.1, 0.15) is 23.6 Å². The van der Waals surface area contributed by atoms with E-state index >= 15 is 0 Å². The van der Waals surface area contributed by atoms with Gasteiger partial charge in [0.1, 0.15) is 0 Å². The van der Waals surface area contributed by atoms with E-state index < -0.39 is 11.6 Å². The quantitative estimate of drug-likeness (QED) is 0.706. The van der Waals surface area contributed by atoms with E-state index in [0.717, 1.165) is 5.56 Å². The van der Waals surface area contributed by atoms with Gasteiger partial charge in [-0.15, -0.1) is 0 Å². The SMILES string of the molecule is CC=COc1ccc(CCc2ccc(C)cc2)c(F)c1F. The molecular formula is C18H18F2O. The highest BCUT2D eigenvalue weighted by Gasteiger charge is 2.14. The van der Waals surface area contributed by atoms with Gasteiger partial charge in [-0.3, -0.25) is 0 Å². The molecule has 0 aliphatic carbocycles. The van der Waals surface area contributed by atoms with Crippen molar-refractivity contribution in [1.29, 1.82) is 0 Å². The molecule has 21 heavy (non-hydrogen) atoms. The van der Waals surface area contributed by atoms with Gasteiger partial charge >= 0.3 is 0 Å². The first-order valence-electron chi connectivity index (χ1n) is 6.92. The number of hydrogen-bond acceptors (Lipinski definition) is 1. The molecule has 0 N–H and O–H groups in total. The fourth-order valence-electron chi connectivity index (χ4n) is 2.03. The predicted octanol–water partition coefficient (Wildman–Crippen LogP) is 4.97. The van der Waals surface area contributed by atoms with Crippen LogP contribution in [0.3, 0.4) is 0 Å². The lowest BCUT2D eigenvalue weighted by Gasteiger charge is -2.08. The molecule has 0 fully saturated rings. The van der Waals surface area contributed by atoms with Gasteiger partial charge in [0.05, 0.1) is 6.26 Å². The van der Waals surface area contributed by atoms with Crippen molar-refractivity contribution in [3.8, 4) is 5.75 Å². The third kappa shape index (κ3) is 3.91. The van der Waals surface area contributed by atoms with Gasteiger partial charge in [0, 0.05) is 0 Å². The van der Waals surface area contributed by atoms with Crippen LogP contribution in [0.4, 0.5) is 8.78 Å². The molecule has 0 aromatic heterocycles. The van der Waals surface area contributed by atoms with Crippen molar-refractivity contribution in [1.82, 2.24) is 0 Å². The second kappa shape index (κ2) is 7.02. The third-order valence-electron chi connectivity index (χ3n) is 3.26. The summed E-state index contributed by atoms with van der Waals surface area (Å²) < 4.78 is 32.8. The van der Waals surface area contributed by atoms with Crippen molar-refractivity contribution in [3.05, 3.63) is 77.1 Å². The number of aryl methyl sites for hydroxylation is 3. The Balaban J connectivity index is 2.10. The normalized spacial score (nSPS) is 11.0. The zero-order valence-corrected chi connectivity index (χ0v) is 12.2. The summed E-state index contributed by atoms with van der Waals surface area (Å²) in [6, 6.07) is 11.1. The number of rotatable bonds is 5. The molecule has 3 heteroatoms. The van der Waals surface area contributed by atoms with E-state index in [2.05, 4.69) is 0 Å². The highest BCUT2D eigenvalue weighted by molar-refractivity contribution is 5.32. The number of halogens is 2. The molecule has 110 valence electrons. The minimum atomic E-state index is -0.936. The summed E-state index contributed by atoms with van der Waals surface area (Å²) in [5.74, 6) is -1.86. The van der Waals surface area contributed by atoms with Crippen molar-refractivity contribution in [3.63, 3.8) is 0 Å². The van der Waals surface area contributed by atoms with Gasteiger partial charge in [-0.1, -0.05) is 42.0 Å². The van der Waals surface area contributed by atoms with Crippen LogP contribution >= 0.6 is 0 Å². The Bertz CT molecular complexity index is 630. The molecule has 0 spiro atoms. The molecule has 0 saturated heterocycles. The average Bonchev–Trinajstić information content (AvgIpc) is 2.49. The molecule has 2 rings (SSSR count). The Morgan fingerprint density at radius 2 is 1.67 bits per heavy atom. The summed E-state index contributed by atoms with van der Waals surface area (Å²) in [4.78, 5) is 0. The van der Waals surface area contributed by atoms with Gasteiger partial charge < -0.3 is 4.74 Å². The fourth-order valence-corrected chi connectivity index (χ4v) is 2.03. The van der Waals surface area contributed by atoms with Crippen LogP contribution in [-0.4, -0.2) is 0 Å². The molecule has 0 unspecified atom stereocenters. The molecule has 0 aliphatic heterocycles. The van der Waals surface area contributed by atoms with Crippen molar-refractivity contribution in [2.75, 3.05) is 0 Å². The summed E-state index contributed by atoms with van der Waals surface area (Å²) in [5, 5.41) is 0. The number of benzene rings is 2. The average molecular weight is 288 g/mol. The van der Waals surface area contributed by atoms with Gasteiger partial charge in [-0.2, -0.15) is 4.39 Å². The van der Waals surface area contributed by atoms with Gasteiger partial charge in [0.25, 0.3) is 0 Å². The number of hydrogen-bond donors (Lipinski definition) is 0. The van der Waals surface area contributed by atoms with Crippen molar-refractivity contribution >= 4 is 0 Å². The molecule has 0 aliphatic rings. The predicted molar refractivity (Wildman–Crippen MR) is 80.4 cm³/mol. The van der Waals surface area contributed by atoms with Gasteiger partial charge in [-0.25, -0.2) is 4.39 Å². The maximum Gasteiger partial charge on any atom is 0.201 e. The monoisotopic (exact) mass is 288 g/mol. The smallest absolute Gasteiger partial charge is 0.201 e. The first-order valence-corrected chi connectivity index (χ1v) is 6.92. The van der Waals surface area contributed by atoms with Crippen LogP contribution in [0.5, 0.6) is 5.75 Å². The van der Waals surface area contributed by atoms with Crippen molar-refractivity contribution in [2.24, 2.45) is 0 Å². The van der Waals surface area contributed by atoms with E-state index in [9.17, 15) is 8.78 Å². The van der Waals surface area contributed by atoms with Crippen LogP contribution in [0.15, 0.2) is 48.7 Å². The molecule has 0 bridgehead atoms. The maximum absolute atomic E-state index is 14.0. The van der Waals surface area contributed by atoms with Gasteiger partial charge in [0.15, 0.2) is 11.6 Å². The summed E-state index contributed by atoms with van der Waals surface area (Å²) in [5.41, 5.74) is 2.65. The first-order chi connectivity index (χ1) is 10.1. The zero-order valence-electron chi connectivity index (χ0n) is 12.2. The van der Waals surface area contributed by atoms with Gasteiger partial charge in [0.2, 0.25) is 5.82 Å². The number of allylic oxidation sites excluding steroid dienone is 1. The molecule has 1 nitrogen and oxygen atoms in total. The van der Waals surface area contributed by atoms with E-state index in [1.54, 1.807) is 19.1 Å². The molecule has 0 heterocycles. The molecule has 0 atom stereocenters. The standard InChI is InChI=1S/C18H18F2O/c1-3-12-21-16-11-10-15(17(19)18(16)20)9-8-14-6-4-13(2)5-7-14/h3-7,10-12H,8-9H2,1-2H3. The lowest BCUT2D eigenvalue weighted by Crippen LogP contribution is -2.00. The highest BCUT2D eigenvalue weighted by Crippen LogP contribution is 2.24. The van der Waals surface area contributed by atoms with Crippen LogP contribution in [-0.2, 0) is 12.8 Å². The lowest BCUT2D eigenvalue weighted by atomic mass is 10.0. The molecular weight excluding hydrogens is 270 g/mol. The van der Waals surface area contributed by atoms with Crippen molar-refractivity contribution in [2.45, 2.75) is 26.7 Å². The van der Waals surface area contributed by atoms with E-state index in [1.165, 1.54) is 17.9 Å². The van der Waals surface area contributed by atoms with E-state index in [1.807, 2.05) is 31.2 Å². The van der Waals surface area contributed by atoms with E-state index in [4.69, 9.17) is 4.74 Å². The zero-order chi connectivity index (χ0) is 15.2. The van der Waals surface area contributed by atoms with Crippen LogP contribution < -0.4 is 4.74 Å². The third-order valence-corrected chi connectivity index (χ3v) is 3.26. The summed E-state index contributed by atoms with van der Waals surface area (Å²) in [6.45, 7) is 3.76. The number of ether oxygens (including phenoxy) is 1. The first kappa shape index (κ1) is 15.2. The minimum Gasteiger partial charge on any atom is -0.462 e. The Morgan fingerprint density at radius 3 is 2.33 bits per heavy atom. The Hall–Kier alpha value is -2.16. The second-order valence-electron chi connectivity index (χ2n) is 4.92. The fraction of sp³-hybridized carbons (Fsp3) is 0.222. The highest BCUT2D eigenvalue weighted by atomic mass is 19.2. The molecule has 0 amide bonds. The summed E-state index contributed by atoms with van der Waals surface area (Å²) >= 11 is 0. The van der Waals surface area contributed by atoms with Gasteiger partial charge in [-0.05, 0) is 43.9 Å². The topological polar surface area (TPSA) is 9.23 Å². The molecule has 2 aromatic carbocycles. The minimum absolute atomic E-state index is 0.0929. The largest absolute Gasteiger partial charge is 0.462 e. The Kier molecular flexibility index (Phi) is 5.09. The molecule has 0 saturated carbocycles. The Morgan fingerprint density at radius 1 is 0.952 bits per heavy atom. The van der Waals surface area contributed by atoms with Crippen LogP contribution in [0.2, 0.25) is 0 Å². The van der Waals surface area contributed by atoms with Crippen LogP contribution in [0, 0.1) is 18.6 Å². The Labute approximate surface area is 123 Å². The maximum atomic E-state index is 14.0. The van der Waals surface area contributed by atoms with E-state index in [0.29, 0.717) is 18.4 Å².